The van der Waals surface area contributed by atoms with Crippen LogP contribution in [0.3, 0.4) is 0 Å². The molecule has 84 valence electrons. The predicted octanol–water partition coefficient (Wildman–Crippen LogP) is 3.33. The van der Waals surface area contributed by atoms with E-state index in [9.17, 15) is 0 Å². The average molecular weight is 348 g/mol. The minimum absolute atomic E-state index is 0.0854. The second kappa shape index (κ2) is 4.63. The number of nitrogens with zero attached hydrogens (tertiary/aromatic N) is 2. The minimum Gasteiger partial charge on any atom is -0.383 e. The van der Waals surface area contributed by atoms with Gasteiger partial charge in [0.2, 0.25) is 0 Å². The third-order valence-electron chi connectivity index (χ3n) is 2.48. The van der Waals surface area contributed by atoms with Crippen molar-refractivity contribution in [3.8, 4) is 0 Å². The number of hydrogen-bond donors (Lipinski definition) is 1. The number of rotatable bonds is 2. The highest BCUT2D eigenvalue weighted by atomic mass is 127. The molecule has 2 N–H and O–H groups in total. The molecule has 1 aromatic heterocycles. The topological polar surface area (TPSA) is 43.8 Å². The number of nitrogen functional groups attached to an aromatic ring is 1. The summed E-state index contributed by atoms with van der Waals surface area (Å²) in [6.07, 6.45) is 1.76. The van der Waals surface area contributed by atoms with Crippen molar-refractivity contribution in [2.75, 3.05) is 5.73 Å². The first-order valence-corrected chi connectivity index (χ1v) is 6.29. The Hall–Kier alpha value is -0.750. The minimum atomic E-state index is 0.0854. The van der Waals surface area contributed by atoms with Gasteiger partial charge in [0.25, 0.3) is 0 Å². The zero-order valence-electron chi connectivity index (χ0n) is 8.69. The van der Waals surface area contributed by atoms with E-state index in [1.165, 1.54) is 0 Å². The van der Waals surface area contributed by atoms with E-state index in [1.54, 1.807) is 10.9 Å². The lowest BCUT2D eigenvalue weighted by Crippen LogP contribution is -2.11. The van der Waals surface area contributed by atoms with Crippen LogP contribution in [0.2, 0.25) is 5.02 Å². The monoisotopic (exact) mass is 347 g/mol. The molecular weight excluding hydrogens is 336 g/mol. The summed E-state index contributed by atoms with van der Waals surface area (Å²) in [6.45, 7) is 2.05. The van der Waals surface area contributed by atoms with Crippen LogP contribution in [0.4, 0.5) is 5.82 Å². The Balaban J connectivity index is 2.39. The SMILES string of the molecule is CC(c1cccc(Cl)c1)n1ncc(I)c1N. The van der Waals surface area contributed by atoms with E-state index in [0.717, 1.165) is 14.2 Å². The Morgan fingerprint density at radius 2 is 2.25 bits per heavy atom. The van der Waals surface area contributed by atoms with Crippen molar-refractivity contribution in [3.05, 3.63) is 44.6 Å². The predicted molar refractivity (Wildman–Crippen MR) is 74.6 cm³/mol. The van der Waals surface area contributed by atoms with Crippen LogP contribution in [0.1, 0.15) is 18.5 Å². The molecule has 0 saturated heterocycles. The van der Waals surface area contributed by atoms with E-state index < -0.39 is 0 Å². The summed E-state index contributed by atoms with van der Waals surface area (Å²) in [6, 6.07) is 7.82. The lowest BCUT2D eigenvalue weighted by molar-refractivity contribution is 0.573. The van der Waals surface area contributed by atoms with Gasteiger partial charge in [0, 0.05) is 5.02 Å². The van der Waals surface area contributed by atoms with Crippen LogP contribution >= 0.6 is 34.2 Å². The molecule has 0 bridgehead atoms. The third kappa shape index (κ3) is 2.17. The molecule has 0 spiro atoms. The molecule has 0 amide bonds. The van der Waals surface area contributed by atoms with Crippen molar-refractivity contribution in [3.63, 3.8) is 0 Å². The standard InChI is InChI=1S/C11H11ClIN3/c1-7(8-3-2-4-9(12)5-8)16-11(14)10(13)6-15-16/h2-7H,14H2,1H3. The van der Waals surface area contributed by atoms with E-state index >= 15 is 0 Å². The molecule has 3 nitrogen and oxygen atoms in total. The lowest BCUT2D eigenvalue weighted by Gasteiger charge is -2.14. The first kappa shape index (κ1) is 11.7. The highest BCUT2D eigenvalue weighted by Gasteiger charge is 2.13. The molecule has 0 fully saturated rings. The largest absolute Gasteiger partial charge is 0.383 e. The Morgan fingerprint density at radius 1 is 1.50 bits per heavy atom. The molecule has 0 aliphatic carbocycles. The summed E-state index contributed by atoms with van der Waals surface area (Å²) in [5, 5.41) is 4.99. The lowest BCUT2D eigenvalue weighted by atomic mass is 10.1. The molecule has 0 radical (unpaired) electrons. The Labute approximate surface area is 113 Å². The first-order chi connectivity index (χ1) is 7.59. The zero-order chi connectivity index (χ0) is 11.7. The van der Waals surface area contributed by atoms with Crippen molar-refractivity contribution in [2.24, 2.45) is 0 Å². The second-order valence-electron chi connectivity index (χ2n) is 3.55. The molecule has 0 aliphatic rings. The maximum absolute atomic E-state index is 5.96. The molecular formula is C11H11ClIN3. The van der Waals surface area contributed by atoms with Crippen LogP contribution in [0.25, 0.3) is 0 Å². The summed E-state index contributed by atoms with van der Waals surface area (Å²) in [5.74, 6) is 0.688. The molecule has 2 rings (SSSR count). The molecule has 0 aliphatic heterocycles. The van der Waals surface area contributed by atoms with Gasteiger partial charge in [0.15, 0.2) is 0 Å². The van der Waals surface area contributed by atoms with Crippen molar-refractivity contribution in [1.82, 2.24) is 9.78 Å². The van der Waals surface area contributed by atoms with E-state index in [2.05, 4.69) is 27.7 Å². The molecule has 1 unspecified atom stereocenters. The van der Waals surface area contributed by atoms with Crippen LogP contribution in [0, 0.1) is 3.57 Å². The quantitative estimate of drug-likeness (QED) is 0.847. The van der Waals surface area contributed by atoms with Gasteiger partial charge in [0.1, 0.15) is 5.82 Å². The fourth-order valence-corrected chi connectivity index (χ4v) is 2.14. The normalized spacial score (nSPS) is 12.7. The Kier molecular flexibility index (Phi) is 3.39. The fraction of sp³-hybridized carbons (Fsp3) is 0.182. The van der Waals surface area contributed by atoms with Crippen LogP contribution < -0.4 is 5.73 Å². The fourth-order valence-electron chi connectivity index (χ4n) is 1.57. The molecule has 1 atom stereocenters. The van der Waals surface area contributed by atoms with Crippen molar-refractivity contribution < 1.29 is 0 Å². The molecule has 16 heavy (non-hydrogen) atoms. The Morgan fingerprint density at radius 3 is 2.81 bits per heavy atom. The number of anilines is 1. The zero-order valence-corrected chi connectivity index (χ0v) is 11.6. The van der Waals surface area contributed by atoms with E-state index in [-0.39, 0.29) is 6.04 Å². The van der Waals surface area contributed by atoms with E-state index in [0.29, 0.717) is 5.82 Å². The summed E-state index contributed by atoms with van der Waals surface area (Å²) < 4.78 is 2.76. The number of halogens is 2. The van der Waals surface area contributed by atoms with Gasteiger partial charge in [0.05, 0.1) is 15.8 Å². The summed E-state index contributed by atoms with van der Waals surface area (Å²) in [4.78, 5) is 0. The number of aromatic nitrogens is 2. The summed E-state index contributed by atoms with van der Waals surface area (Å²) in [7, 11) is 0. The summed E-state index contributed by atoms with van der Waals surface area (Å²) >= 11 is 8.13. The molecule has 5 heteroatoms. The molecule has 1 aromatic carbocycles. The maximum atomic E-state index is 5.96. The third-order valence-corrected chi connectivity index (χ3v) is 3.55. The maximum Gasteiger partial charge on any atom is 0.135 e. The first-order valence-electron chi connectivity index (χ1n) is 4.83. The Bertz CT molecular complexity index is 510. The van der Waals surface area contributed by atoms with E-state index in [1.807, 2.05) is 31.2 Å². The van der Waals surface area contributed by atoms with Crippen molar-refractivity contribution >= 4 is 40.0 Å². The number of nitrogens with two attached hydrogens (primary N) is 1. The molecule has 1 heterocycles. The van der Waals surface area contributed by atoms with Gasteiger partial charge in [-0.2, -0.15) is 5.10 Å². The van der Waals surface area contributed by atoms with Crippen LogP contribution in [0.15, 0.2) is 30.5 Å². The molecule has 2 aromatic rings. The van der Waals surface area contributed by atoms with Crippen LogP contribution in [-0.2, 0) is 0 Å². The second-order valence-corrected chi connectivity index (χ2v) is 5.15. The summed E-state index contributed by atoms with van der Waals surface area (Å²) in [5.41, 5.74) is 7.03. The van der Waals surface area contributed by atoms with Crippen LogP contribution in [-0.4, -0.2) is 9.78 Å². The van der Waals surface area contributed by atoms with Crippen molar-refractivity contribution in [2.45, 2.75) is 13.0 Å². The smallest absolute Gasteiger partial charge is 0.135 e. The van der Waals surface area contributed by atoms with Gasteiger partial charge in [-0.3, -0.25) is 0 Å². The number of hydrogen-bond acceptors (Lipinski definition) is 2. The van der Waals surface area contributed by atoms with Gasteiger partial charge in [-0.15, -0.1) is 0 Å². The van der Waals surface area contributed by atoms with Gasteiger partial charge >= 0.3 is 0 Å². The van der Waals surface area contributed by atoms with Gasteiger partial charge in [-0.1, -0.05) is 23.7 Å². The number of benzene rings is 1. The van der Waals surface area contributed by atoms with Gasteiger partial charge in [-0.05, 0) is 47.2 Å². The van der Waals surface area contributed by atoms with E-state index in [4.69, 9.17) is 17.3 Å². The van der Waals surface area contributed by atoms with Gasteiger partial charge in [-0.25, -0.2) is 4.68 Å². The highest BCUT2D eigenvalue weighted by Crippen LogP contribution is 2.25. The van der Waals surface area contributed by atoms with Crippen molar-refractivity contribution in [1.29, 1.82) is 0 Å². The van der Waals surface area contributed by atoms with Gasteiger partial charge < -0.3 is 5.73 Å². The van der Waals surface area contributed by atoms with Crippen LogP contribution in [0.5, 0.6) is 0 Å². The highest BCUT2D eigenvalue weighted by molar-refractivity contribution is 14.1. The average Bonchev–Trinajstić information content (AvgIpc) is 2.59. The molecule has 0 saturated carbocycles.